The van der Waals surface area contributed by atoms with Crippen LogP contribution < -0.4 is 11.0 Å². The van der Waals surface area contributed by atoms with E-state index in [1.165, 1.54) is 33.5 Å². The van der Waals surface area contributed by atoms with E-state index < -0.39 is 29.1 Å². The Kier molecular flexibility index (Phi) is 5.80. The number of rotatable bonds is 6. The van der Waals surface area contributed by atoms with Gasteiger partial charge in [0.25, 0.3) is 0 Å². The van der Waals surface area contributed by atoms with E-state index in [4.69, 9.17) is 0 Å². The Balaban J connectivity index is 1.52. The molecule has 0 aliphatic rings. The summed E-state index contributed by atoms with van der Waals surface area (Å²) < 4.78 is 43.5. The summed E-state index contributed by atoms with van der Waals surface area (Å²) in [5, 5.41) is 17.7. The summed E-state index contributed by atoms with van der Waals surface area (Å²) in [7, 11) is 0. The molecule has 0 radical (unpaired) electrons. The highest BCUT2D eigenvalue weighted by molar-refractivity contribution is 7.09. The lowest BCUT2D eigenvalue weighted by Crippen LogP contribution is -2.45. The van der Waals surface area contributed by atoms with E-state index >= 15 is 0 Å². The van der Waals surface area contributed by atoms with Crippen LogP contribution in [0.15, 0.2) is 58.8 Å². The zero-order chi connectivity index (χ0) is 23.8. The van der Waals surface area contributed by atoms with Crippen LogP contribution in [-0.4, -0.2) is 36.4 Å². The van der Waals surface area contributed by atoms with Crippen LogP contribution in [0.25, 0.3) is 5.65 Å². The summed E-state index contributed by atoms with van der Waals surface area (Å²) in [5.74, 6) is -1.04. The molecule has 172 valence electrons. The topological polar surface area (TPSA) is 102 Å². The van der Waals surface area contributed by atoms with E-state index in [2.05, 4.69) is 15.4 Å². The molecular weight excluding hydrogens is 459 g/mol. The van der Waals surface area contributed by atoms with Gasteiger partial charge in [0.15, 0.2) is 5.65 Å². The number of halogens is 3. The first-order valence-electron chi connectivity index (χ1n) is 9.71. The number of anilines is 1. The number of fused-ring (bicyclic) bond motifs is 1. The molecular formula is C21H18F3N5O3S. The molecule has 3 heterocycles. The van der Waals surface area contributed by atoms with Crippen molar-refractivity contribution in [3.8, 4) is 0 Å². The van der Waals surface area contributed by atoms with E-state index in [0.29, 0.717) is 28.2 Å². The molecule has 4 aromatic rings. The number of carbonyl (C=O) groups excluding carboxylic acids is 1. The van der Waals surface area contributed by atoms with Gasteiger partial charge in [0.1, 0.15) is 5.01 Å². The maximum absolute atomic E-state index is 13.6. The van der Waals surface area contributed by atoms with Crippen molar-refractivity contribution in [2.24, 2.45) is 0 Å². The van der Waals surface area contributed by atoms with Crippen LogP contribution in [0.5, 0.6) is 0 Å². The molecule has 1 amide bonds. The van der Waals surface area contributed by atoms with Gasteiger partial charge in [0, 0.05) is 23.0 Å². The number of aryl methyl sites for hydroxylation is 1. The summed E-state index contributed by atoms with van der Waals surface area (Å²) in [6.07, 6.45) is -4.76. The van der Waals surface area contributed by atoms with Gasteiger partial charge in [-0.25, -0.2) is 14.5 Å². The summed E-state index contributed by atoms with van der Waals surface area (Å²) in [4.78, 5) is 28.6. The molecule has 0 fully saturated rings. The number of pyridine rings is 1. The lowest BCUT2D eigenvalue weighted by Gasteiger charge is -2.27. The smallest absolute Gasteiger partial charge is 0.374 e. The second-order valence-electron chi connectivity index (χ2n) is 7.45. The van der Waals surface area contributed by atoms with Gasteiger partial charge in [-0.1, -0.05) is 18.2 Å². The van der Waals surface area contributed by atoms with E-state index in [9.17, 15) is 27.9 Å². The van der Waals surface area contributed by atoms with Gasteiger partial charge in [-0.15, -0.1) is 16.4 Å². The number of aromatic nitrogens is 4. The van der Waals surface area contributed by atoms with Gasteiger partial charge < -0.3 is 10.4 Å². The third kappa shape index (κ3) is 4.52. The molecule has 33 heavy (non-hydrogen) atoms. The molecule has 3 aromatic heterocycles. The first kappa shape index (κ1) is 22.7. The number of benzene rings is 1. The van der Waals surface area contributed by atoms with Crippen LogP contribution in [0.1, 0.15) is 22.7 Å². The highest BCUT2D eigenvalue weighted by Crippen LogP contribution is 2.43. The molecule has 2 N–H and O–H groups in total. The van der Waals surface area contributed by atoms with Crippen molar-refractivity contribution in [1.82, 2.24) is 19.2 Å². The molecule has 1 atom stereocenters. The number of nitrogens with one attached hydrogen (secondary N) is 1. The Bertz CT molecular complexity index is 1380. The molecule has 0 saturated carbocycles. The lowest BCUT2D eigenvalue weighted by molar-refractivity contribution is -0.266. The SMILES string of the molecule is Cc1csc(C(O)(CC(=O)Nc2cccc(Cn3nc4ccccn4c3=O)c2)C(F)(F)F)n1. The number of hydrogen-bond acceptors (Lipinski definition) is 6. The van der Waals surface area contributed by atoms with Gasteiger partial charge in [-0.05, 0) is 36.8 Å². The first-order valence-corrected chi connectivity index (χ1v) is 10.6. The highest BCUT2D eigenvalue weighted by Gasteiger charge is 2.58. The zero-order valence-corrected chi connectivity index (χ0v) is 18.0. The number of carbonyl (C=O) groups is 1. The minimum Gasteiger partial charge on any atom is -0.374 e. The summed E-state index contributed by atoms with van der Waals surface area (Å²) in [6, 6.07) is 11.4. The molecule has 0 aliphatic carbocycles. The Hall–Kier alpha value is -3.51. The highest BCUT2D eigenvalue weighted by atomic mass is 32.1. The first-order chi connectivity index (χ1) is 15.6. The standard InChI is InChI=1S/C21H18F3N5O3S/c1-13-12-33-18(25-13)20(32,21(22,23)24)10-17(30)26-15-6-4-5-14(9-15)11-29-19(31)28-8-3-2-7-16(28)27-29/h2-9,12,32H,10-11H2,1H3,(H,26,30). The van der Waals surface area contributed by atoms with Gasteiger partial charge >= 0.3 is 11.9 Å². The lowest BCUT2D eigenvalue weighted by atomic mass is 9.99. The summed E-state index contributed by atoms with van der Waals surface area (Å²) >= 11 is 0.636. The quantitative estimate of drug-likeness (QED) is 0.445. The maximum atomic E-state index is 13.6. The van der Waals surface area contributed by atoms with Crippen molar-refractivity contribution >= 4 is 28.6 Å². The number of alkyl halides is 3. The van der Waals surface area contributed by atoms with Crippen LogP contribution in [-0.2, 0) is 16.9 Å². The van der Waals surface area contributed by atoms with Crippen molar-refractivity contribution in [2.45, 2.75) is 31.7 Å². The molecule has 1 aromatic carbocycles. The van der Waals surface area contributed by atoms with E-state index in [1.807, 2.05) is 0 Å². The Labute approximate surface area is 188 Å². The minimum absolute atomic E-state index is 0.0924. The van der Waals surface area contributed by atoms with Crippen LogP contribution in [0.4, 0.5) is 18.9 Å². The van der Waals surface area contributed by atoms with Gasteiger partial charge in [0.05, 0.1) is 13.0 Å². The van der Waals surface area contributed by atoms with E-state index in [0.717, 1.165) is 0 Å². The normalized spacial score (nSPS) is 13.7. The van der Waals surface area contributed by atoms with E-state index in [-0.39, 0.29) is 17.9 Å². The number of thiazole rings is 1. The van der Waals surface area contributed by atoms with Gasteiger partial charge in [0.2, 0.25) is 11.5 Å². The Morgan fingerprint density at radius 1 is 1.21 bits per heavy atom. The fourth-order valence-corrected chi connectivity index (χ4v) is 4.18. The van der Waals surface area contributed by atoms with Crippen LogP contribution in [0.2, 0.25) is 0 Å². The van der Waals surface area contributed by atoms with Crippen LogP contribution >= 0.6 is 11.3 Å². The minimum atomic E-state index is -5.10. The second kappa shape index (κ2) is 8.45. The number of aliphatic hydroxyl groups is 1. The predicted octanol–water partition coefficient (Wildman–Crippen LogP) is 3.09. The van der Waals surface area contributed by atoms with Crippen LogP contribution in [0.3, 0.4) is 0 Å². The molecule has 8 nitrogen and oxygen atoms in total. The second-order valence-corrected chi connectivity index (χ2v) is 8.30. The third-order valence-electron chi connectivity index (χ3n) is 4.89. The van der Waals surface area contributed by atoms with Gasteiger partial charge in [-0.2, -0.15) is 13.2 Å². The Morgan fingerprint density at radius 3 is 2.67 bits per heavy atom. The zero-order valence-electron chi connectivity index (χ0n) is 17.2. The average Bonchev–Trinajstić information content (AvgIpc) is 3.31. The monoisotopic (exact) mass is 477 g/mol. The number of nitrogens with zero attached hydrogens (tertiary/aromatic N) is 4. The largest absolute Gasteiger partial charge is 0.424 e. The third-order valence-corrected chi connectivity index (χ3v) is 6.00. The molecule has 0 aliphatic heterocycles. The Morgan fingerprint density at radius 2 is 2.00 bits per heavy atom. The summed E-state index contributed by atoms with van der Waals surface area (Å²) in [5.41, 5.74) is -2.16. The average molecular weight is 477 g/mol. The van der Waals surface area contributed by atoms with Crippen molar-refractivity contribution in [3.05, 3.63) is 80.8 Å². The number of hydrogen-bond donors (Lipinski definition) is 2. The van der Waals surface area contributed by atoms with Crippen molar-refractivity contribution in [3.63, 3.8) is 0 Å². The maximum Gasteiger partial charge on any atom is 0.424 e. The predicted molar refractivity (Wildman–Crippen MR) is 115 cm³/mol. The van der Waals surface area contributed by atoms with Crippen molar-refractivity contribution < 1.29 is 23.1 Å². The molecule has 0 bridgehead atoms. The fraction of sp³-hybridized carbons (Fsp3) is 0.238. The number of amides is 1. The molecule has 0 spiro atoms. The molecule has 0 saturated heterocycles. The molecule has 12 heteroatoms. The summed E-state index contributed by atoms with van der Waals surface area (Å²) in [6.45, 7) is 1.59. The van der Waals surface area contributed by atoms with Gasteiger partial charge in [-0.3, -0.25) is 9.20 Å². The van der Waals surface area contributed by atoms with Crippen molar-refractivity contribution in [1.29, 1.82) is 0 Å². The van der Waals surface area contributed by atoms with E-state index in [1.54, 1.807) is 36.5 Å². The van der Waals surface area contributed by atoms with Crippen molar-refractivity contribution in [2.75, 3.05) is 5.32 Å². The molecule has 4 rings (SSSR count). The van der Waals surface area contributed by atoms with Crippen LogP contribution in [0, 0.1) is 6.92 Å². The molecule has 1 unspecified atom stereocenters. The fourth-order valence-electron chi connectivity index (χ4n) is 3.27.